The van der Waals surface area contributed by atoms with Crippen LogP contribution in [0.4, 0.5) is 0 Å². The van der Waals surface area contributed by atoms with Crippen LogP contribution in [0, 0.1) is 0 Å². The largest absolute Gasteiger partial charge is 0.453 e. The molecule has 0 N–H and O–H groups in total. The highest BCUT2D eigenvalue weighted by molar-refractivity contribution is 9.10. The smallest absolute Gasteiger partial charge is 0.326 e. The maximum absolute atomic E-state index is 12.5. The zero-order valence-corrected chi connectivity index (χ0v) is 16.1. The molecule has 7 heteroatoms. The van der Waals surface area contributed by atoms with Gasteiger partial charge in [-0.15, -0.1) is 0 Å². The summed E-state index contributed by atoms with van der Waals surface area (Å²) in [4.78, 5) is 50.4. The molecule has 2 amide bonds. The van der Waals surface area contributed by atoms with Crippen molar-refractivity contribution in [3.63, 3.8) is 0 Å². The van der Waals surface area contributed by atoms with Gasteiger partial charge in [0.15, 0.2) is 6.10 Å². The number of rotatable bonds is 6. The van der Waals surface area contributed by atoms with Crippen LogP contribution in [-0.2, 0) is 9.53 Å². The van der Waals surface area contributed by atoms with E-state index in [0.29, 0.717) is 10.0 Å². The molecule has 138 valence electrons. The molecule has 0 saturated heterocycles. The molecule has 0 unspecified atom stereocenters. The molecule has 0 bridgehead atoms. The number of ketones is 1. The van der Waals surface area contributed by atoms with Gasteiger partial charge in [-0.25, -0.2) is 0 Å². The highest BCUT2D eigenvalue weighted by atomic mass is 79.9. The van der Waals surface area contributed by atoms with Gasteiger partial charge in [-0.05, 0) is 24.6 Å². The van der Waals surface area contributed by atoms with Crippen LogP contribution in [0.3, 0.4) is 0 Å². The molecule has 27 heavy (non-hydrogen) atoms. The summed E-state index contributed by atoms with van der Waals surface area (Å²) >= 11 is 3.25. The lowest BCUT2D eigenvalue weighted by Crippen LogP contribution is -2.38. The van der Waals surface area contributed by atoms with E-state index >= 15 is 0 Å². The van der Waals surface area contributed by atoms with E-state index in [0.717, 1.165) is 4.90 Å². The van der Waals surface area contributed by atoms with Gasteiger partial charge in [0.25, 0.3) is 11.8 Å². The Bertz CT molecular complexity index is 925. The van der Waals surface area contributed by atoms with Crippen molar-refractivity contribution in [2.75, 3.05) is 6.54 Å². The van der Waals surface area contributed by atoms with Crippen molar-refractivity contribution < 1.29 is 23.9 Å². The fourth-order valence-corrected chi connectivity index (χ4v) is 3.20. The van der Waals surface area contributed by atoms with E-state index < -0.39 is 30.4 Å². The predicted molar refractivity (Wildman–Crippen MR) is 100 cm³/mol. The fourth-order valence-electron chi connectivity index (χ4n) is 2.84. The molecule has 1 heterocycles. The van der Waals surface area contributed by atoms with Crippen LogP contribution >= 0.6 is 15.9 Å². The lowest BCUT2D eigenvalue weighted by molar-refractivity contribution is -0.147. The minimum atomic E-state index is -0.968. The third-order valence-electron chi connectivity index (χ3n) is 4.22. The summed E-state index contributed by atoms with van der Waals surface area (Å²) in [6, 6.07) is 13.2. The van der Waals surface area contributed by atoms with Crippen LogP contribution in [-0.4, -0.2) is 41.1 Å². The van der Waals surface area contributed by atoms with Gasteiger partial charge in [0.2, 0.25) is 5.78 Å². The number of esters is 1. The zero-order valence-electron chi connectivity index (χ0n) is 14.5. The van der Waals surface area contributed by atoms with E-state index in [4.69, 9.17) is 4.74 Å². The van der Waals surface area contributed by atoms with Gasteiger partial charge in [-0.2, -0.15) is 0 Å². The Morgan fingerprint density at radius 2 is 1.70 bits per heavy atom. The molecule has 0 radical (unpaired) electrons. The Kier molecular flexibility index (Phi) is 5.51. The van der Waals surface area contributed by atoms with Crippen LogP contribution in [0.2, 0.25) is 0 Å². The van der Waals surface area contributed by atoms with E-state index in [1.807, 2.05) is 0 Å². The number of ether oxygens (including phenoxy) is 1. The van der Waals surface area contributed by atoms with Crippen LogP contribution in [0.25, 0.3) is 0 Å². The maximum atomic E-state index is 12.5. The monoisotopic (exact) mass is 429 g/mol. The van der Waals surface area contributed by atoms with Gasteiger partial charge in [0.1, 0.15) is 6.54 Å². The van der Waals surface area contributed by atoms with E-state index in [-0.39, 0.29) is 23.3 Å². The second kappa shape index (κ2) is 7.84. The highest BCUT2D eigenvalue weighted by Gasteiger charge is 2.37. The molecule has 0 aliphatic carbocycles. The zero-order chi connectivity index (χ0) is 19.6. The van der Waals surface area contributed by atoms with Gasteiger partial charge < -0.3 is 4.74 Å². The molecule has 1 aliphatic heterocycles. The first-order chi connectivity index (χ1) is 12.9. The van der Waals surface area contributed by atoms with Crippen molar-refractivity contribution in [2.45, 2.75) is 19.4 Å². The molecular weight excluding hydrogens is 414 g/mol. The van der Waals surface area contributed by atoms with Crippen LogP contribution in [0.15, 0.2) is 53.0 Å². The third kappa shape index (κ3) is 3.83. The first-order valence-corrected chi connectivity index (χ1v) is 9.16. The van der Waals surface area contributed by atoms with Crippen molar-refractivity contribution in [1.29, 1.82) is 0 Å². The Labute approximate surface area is 164 Å². The number of Topliss-reactive ketones (excluding diaryl/α,β-unsaturated/α-hetero) is 1. The average Bonchev–Trinajstić information content (AvgIpc) is 2.90. The van der Waals surface area contributed by atoms with E-state index in [2.05, 4.69) is 15.9 Å². The first kappa shape index (κ1) is 19.0. The van der Waals surface area contributed by atoms with Gasteiger partial charge in [-0.3, -0.25) is 24.1 Å². The number of benzene rings is 2. The molecule has 0 aromatic heterocycles. The molecule has 2 aromatic rings. The molecule has 0 saturated carbocycles. The molecule has 0 fully saturated rings. The molecule has 6 nitrogen and oxygen atoms in total. The van der Waals surface area contributed by atoms with E-state index in [1.165, 1.54) is 12.1 Å². The van der Waals surface area contributed by atoms with Crippen molar-refractivity contribution in [2.24, 2.45) is 0 Å². The number of carbonyl (C=O) groups is 4. The number of nitrogens with zero attached hydrogens (tertiary/aromatic N) is 1. The number of hydrogen-bond donors (Lipinski definition) is 0. The van der Waals surface area contributed by atoms with Gasteiger partial charge in [-0.1, -0.05) is 53.2 Å². The molecule has 0 spiro atoms. The Balaban J connectivity index is 1.69. The summed E-state index contributed by atoms with van der Waals surface area (Å²) in [7, 11) is 0. The Hall–Kier alpha value is -2.80. The average molecular weight is 430 g/mol. The molecular formula is C20H16BrNO5. The number of amides is 2. The lowest BCUT2D eigenvalue weighted by atomic mass is 10.0. The fraction of sp³-hybridized carbons (Fsp3) is 0.200. The summed E-state index contributed by atoms with van der Waals surface area (Å²) in [6.07, 6.45) is -0.682. The van der Waals surface area contributed by atoms with Gasteiger partial charge >= 0.3 is 5.97 Å². The molecule has 2 aromatic carbocycles. The number of halogens is 1. The Morgan fingerprint density at radius 3 is 2.37 bits per heavy atom. The topological polar surface area (TPSA) is 80.8 Å². The molecule has 1 aliphatic rings. The standard InChI is InChI=1S/C20H16BrNO5/c1-2-16(18(24)12-6-4-3-5-7-12)27-17(23)11-22-19(25)14-9-8-13(21)10-15(14)20(22)26/h3-10,16H,2,11H2,1H3/t16-/m0/s1. The van der Waals surface area contributed by atoms with E-state index in [9.17, 15) is 19.2 Å². The second-order valence-corrected chi connectivity index (χ2v) is 6.92. The summed E-state index contributed by atoms with van der Waals surface area (Å²) in [5.41, 5.74) is 0.903. The SMILES string of the molecule is CC[C@H](OC(=O)CN1C(=O)c2ccc(Br)cc2C1=O)C(=O)c1ccccc1. The minimum Gasteiger partial charge on any atom is -0.453 e. The highest BCUT2D eigenvalue weighted by Crippen LogP contribution is 2.26. The second-order valence-electron chi connectivity index (χ2n) is 6.00. The van der Waals surface area contributed by atoms with E-state index in [1.54, 1.807) is 43.3 Å². The van der Waals surface area contributed by atoms with Crippen molar-refractivity contribution in [1.82, 2.24) is 4.90 Å². The van der Waals surface area contributed by atoms with Crippen molar-refractivity contribution in [3.05, 3.63) is 69.7 Å². The van der Waals surface area contributed by atoms with Gasteiger partial charge in [0.05, 0.1) is 11.1 Å². The number of imide groups is 1. The lowest BCUT2D eigenvalue weighted by Gasteiger charge is -2.18. The first-order valence-electron chi connectivity index (χ1n) is 8.37. The van der Waals surface area contributed by atoms with Gasteiger partial charge in [0, 0.05) is 10.0 Å². The van der Waals surface area contributed by atoms with Crippen molar-refractivity contribution in [3.8, 4) is 0 Å². The quantitative estimate of drug-likeness (QED) is 0.399. The summed E-state index contributed by atoms with van der Waals surface area (Å²) in [5.74, 6) is -2.24. The number of hydrogen-bond acceptors (Lipinski definition) is 5. The molecule has 1 atom stereocenters. The predicted octanol–water partition coefficient (Wildman–Crippen LogP) is 3.25. The third-order valence-corrected chi connectivity index (χ3v) is 4.71. The summed E-state index contributed by atoms with van der Waals surface area (Å²) < 4.78 is 5.91. The summed E-state index contributed by atoms with van der Waals surface area (Å²) in [5, 5.41) is 0. The normalized spacial score (nSPS) is 14.1. The van der Waals surface area contributed by atoms with Crippen LogP contribution in [0.5, 0.6) is 0 Å². The van der Waals surface area contributed by atoms with Crippen LogP contribution in [0.1, 0.15) is 44.4 Å². The molecule has 3 rings (SSSR count). The number of fused-ring (bicyclic) bond motifs is 1. The number of carbonyl (C=O) groups excluding carboxylic acids is 4. The minimum absolute atomic E-state index is 0.231. The van der Waals surface area contributed by atoms with Crippen molar-refractivity contribution >= 4 is 39.5 Å². The summed E-state index contributed by atoms with van der Waals surface area (Å²) in [6.45, 7) is 1.18. The van der Waals surface area contributed by atoms with Crippen LogP contribution < -0.4 is 0 Å². The Morgan fingerprint density at radius 1 is 1.04 bits per heavy atom. The maximum Gasteiger partial charge on any atom is 0.326 e.